The number of benzene rings is 3. The van der Waals surface area contributed by atoms with Crippen molar-refractivity contribution >= 4 is 21.6 Å². The highest BCUT2D eigenvalue weighted by molar-refractivity contribution is 7.92. The van der Waals surface area contributed by atoms with E-state index >= 15 is 0 Å². The van der Waals surface area contributed by atoms with Gasteiger partial charge in [-0.1, -0.05) is 36.4 Å². The lowest BCUT2D eigenvalue weighted by Crippen LogP contribution is -2.22. The molecule has 3 aromatic rings. The van der Waals surface area contributed by atoms with Gasteiger partial charge in [0.2, 0.25) is 0 Å². The number of rotatable bonds is 6. The summed E-state index contributed by atoms with van der Waals surface area (Å²) in [5, 5.41) is 11.7. The molecular formula is C21H17N3O3S. The van der Waals surface area contributed by atoms with Crippen LogP contribution in [0.15, 0.2) is 83.8 Å². The van der Waals surface area contributed by atoms with Crippen LogP contribution in [0, 0.1) is 11.3 Å². The van der Waals surface area contributed by atoms with Gasteiger partial charge < -0.3 is 5.32 Å². The first-order chi connectivity index (χ1) is 13.5. The minimum Gasteiger partial charge on any atom is -0.348 e. The van der Waals surface area contributed by atoms with E-state index in [1.807, 2.05) is 36.4 Å². The van der Waals surface area contributed by atoms with Crippen molar-refractivity contribution in [2.75, 3.05) is 4.72 Å². The fourth-order valence-electron chi connectivity index (χ4n) is 2.53. The largest absolute Gasteiger partial charge is 0.348 e. The fraction of sp³-hybridized carbons (Fsp3) is 0.0476. The van der Waals surface area contributed by atoms with E-state index in [4.69, 9.17) is 5.26 Å². The molecule has 0 saturated carbocycles. The Hall–Kier alpha value is -3.63. The topological polar surface area (TPSA) is 99.1 Å². The predicted molar refractivity (Wildman–Crippen MR) is 106 cm³/mol. The first-order valence-corrected chi connectivity index (χ1v) is 9.91. The van der Waals surface area contributed by atoms with Crippen molar-refractivity contribution in [1.29, 1.82) is 5.26 Å². The van der Waals surface area contributed by atoms with Crippen molar-refractivity contribution in [2.24, 2.45) is 0 Å². The number of nitrogens with zero attached hydrogens (tertiary/aromatic N) is 1. The zero-order valence-electron chi connectivity index (χ0n) is 14.8. The second-order valence-corrected chi connectivity index (χ2v) is 7.67. The molecule has 0 spiro atoms. The summed E-state index contributed by atoms with van der Waals surface area (Å²) < 4.78 is 27.4. The second kappa shape index (κ2) is 8.37. The molecule has 28 heavy (non-hydrogen) atoms. The summed E-state index contributed by atoms with van der Waals surface area (Å²) in [6.07, 6.45) is 0. The molecule has 1 amide bonds. The lowest BCUT2D eigenvalue weighted by Gasteiger charge is -2.09. The Balaban J connectivity index is 1.68. The van der Waals surface area contributed by atoms with Crippen LogP contribution in [0.2, 0.25) is 0 Å². The number of nitrogens with one attached hydrogen (secondary N) is 2. The second-order valence-electron chi connectivity index (χ2n) is 5.99. The molecule has 0 radical (unpaired) electrons. The van der Waals surface area contributed by atoms with Gasteiger partial charge in [0.25, 0.3) is 15.9 Å². The first-order valence-electron chi connectivity index (χ1n) is 8.43. The van der Waals surface area contributed by atoms with Crippen molar-refractivity contribution in [3.05, 3.63) is 95.6 Å². The zero-order valence-corrected chi connectivity index (χ0v) is 15.6. The van der Waals surface area contributed by atoms with Gasteiger partial charge in [-0.2, -0.15) is 5.26 Å². The molecule has 2 N–H and O–H groups in total. The quantitative estimate of drug-likeness (QED) is 0.673. The van der Waals surface area contributed by atoms with Gasteiger partial charge in [0, 0.05) is 12.1 Å². The van der Waals surface area contributed by atoms with Crippen molar-refractivity contribution < 1.29 is 13.2 Å². The molecule has 7 heteroatoms. The van der Waals surface area contributed by atoms with Gasteiger partial charge in [0.1, 0.15) is 0 Å². The SMILES string of the molecule is N#Cc1cccc(NS(=O)(=O)c2ccc(C(=O)NCc3ccccc3)cc2)c1. The Kier molecular flexibility index (Phi) is 5.72. The smallest absolute Gasteiger partial charge is 0.261 e. The minimum atomic E-state index is -3.83. The highest BCUT2D eigenvalue weighted by Gasteiger charge is 2.15. The lowest BCUT2D eigenvalue weighted by molar-refractivity contribution is 0.0951. The van der Waals surface area contributed by atoms with Gasteiger partial charge in [0.15, 0.2) is 0 Å². The molecule has 0 atom stereocenters. The van der Waals surface area contributed by atoms with E-state index in [9.17, 15) is 13.2 Å². The van der Waals surface area contributed by atoms with Crippen LogP contribution in [0.3, 0.4) is 0 Å². The maximum atomic E-state index is 12.5. The lowest BCUT2D eigenvalue weighted by atomic mass is 10.2. The van der Waals surface area contributed by atoms with Crippen LogP contribution in [0.5, 0.6) is 0 Å². The monoisotopic (exact) mass is 391 g/mol. The number of anilines is 1. The van der Waals surface area contributed by atoms with E-state index in [2.05, 4.69) is 10.0 Å². The van der Waals surface area contributed by atoms with Crippen LogP contribution in [0.4, 0.5) is 5.69 Å². The number of nitriles is 1. The maximum absolute atomic E-state index is 12.5. The number of hydrogen-bond acceptors (Lipinski definition) is 4. The number of amides is 1. The van der Waals surface area contributed by atoms with Crippen molar-refractivity contribution in [2.45, 2.75) is 11.4 Å². The molecule has 140 valence electrons. The molecule has 0 aliphatic heterocycles. The van der Waals surface area contributed by atoms with E-state index in [0.717, 1.165) is 5.56 Å². The number of hydrogen-bond donors (Lipinski definition) is 2. The third-order valence-corrected chi connectivity index (χ3v) is 5.36. The molecule has 0 bridgehead atoms. The fourth-order valence-corrected chi connectivity index (χ4v) is 3.58. The molecule has 0 heterocycles. The maximum Gasteiger partial charge on any atom is 0.261 e. The van der Waals surface area contributed by atoms with E-state index < -0.39 is 10.0 Å². The number of carbonyl (C=O) groups is 1. The van der Waals surface area contributed by atoms with E-state index in [1.54, 1.807) is 18.2 Å². The molecule has 3 aromatic carbocycles. The molecule has 0 aliphatic rings. The van der Waals surface area contributed by atoms with Crippen molar-refractivity contribution in [1.82, 2.24) is 5.32 Å². The summed E-state index contributed by atoms with van der Waals surface area (Å²) in [5.41, 5.74) is 1.98. The zero-order chi connectivity index (χ0) is 20.0. The van der Waals surface area contributed by atoms with Crippen molar-refractivity contribution in [3.8, 4) is 6.07 Å². The molecule has 3 rings (SSSR count). The Labute approximate surface area is 163 Å². The van der Waals surface area contributed by atoms with Crippen molar-refractivity contribution in [3.63, 3.8) is 0 Å². The van der Waals surface area contributed by atoms with E-state index in [-0.39, 0.29) is 10.8 Å². The van der Waals surface area contributed by atoms with Gasteiger partial charge in [-0.25, -0.2) is 8.42 Å². The van der Waals surface area contributed by atoms with Crippen LogP contribution in [0.1, 0.15) is 21.5 Å². The highest BCUT2D eigenvalue weighted by atomic mass is 32.2. The van der Waals surface area contributed by atoms with Gasteiger partial charge in [-0.05, 0) is 48.0 Å². The van der Waals surface area contributed by atoms with Gasteiger partial charge >= 0.3 is 0 Å². The molecule has 0 saturated heterocycles. The summed E-state index contributed by atoms with van der Waals surface area (Å²) in [6.45, 7) is 0.385. The van der Waals surface area contributed by atoms with E-state index in [0.29, 0.717) is 23.4 Å². The first kappa shape index (κ1) is 19.1. The molecule has 0 aliphatic carbocycles. The summed E-state index contributed by atoms with van der Waals surface area (Å²) in [7, 11) is -3.83. The van der Waals surface area contributed by atoms with E-state index in [1.165, 1.54) is 30.3 Å². The summed E-state index contributed by atoms with van der Waals surface area (Å²) in [5.74, 6) is -0.289. The number of sulfonamides is 1. The third-order valence-electron chi connectivity index (χ3n) is 3.97. The minimum absolute atomic E-state index is 0.0227. The molecular weight excluding hydrogens is 374 g/mol. The normalized spacial score (nSPS) is 10.7. The third kappa shape index (κ3) is 4.75. The Morgan fingerprint density at radius 3 is 2.32 bits per heavy atom. The van der Waals surface area contributed by atoms with Gasteiger partial charge in [-0.15, -0.1) is 0 Å². The van der Waals surface area contributed by atoms with Crippen LogP contribution < -0.4 is 10.0 Å². The molecule has 0 unspecified atom stereocenters. The van der Waals surface area contributed by atoms with Crippen LogP contribution >= 0.6 is 0 Å². The summed E-state index contributed by atoms with van der Waals surface area (Å²) in [6, 6.07) is 23.3. The van der Waals surface area contributed by atoms with Gasteiger partial charge in [0.05, 0.1) is 22.2 Å². The average molecular weight is 391 g/mol. The molecule has 0 aromatic heterocycles. The molecule has 0 fully saturated rings. The highest BCUT2D eigenvalue weighted by Crippen LogP contribution is 2.17. The summed E-state index contributed by atoms with van der Waals surface area (Å²) >= 11 is 0. The Morgan fingerprint density at radius 2 is 1.64 bits per heavy atom. The van der Waals surface area contributed by atoms with Crippen LogP contribution in [-0.2, 0) is 16.6 Å². The predicted octanol–water partition coefficient (Wildman–Crippen LogP) is 3.29. The Morgan fingerprint density at radius 1 is 0.929 bits per heavy atom. The Bertz CT molecular complexity index is 1120. The van der Waals surface area contributed by atoms with Gasteiger partial charge in [-0.3, -0.25) is 9.52 Å². The molecule has 6 nitrogen and oxygen atoms in total. The summed E-state index contributed by atoms with van der Waals surface area (Å²) in [4.78, 5) is 12.3. The van der Waals surface area contributed by atoms with Crippen LogP contribution in [0.25, 0.3) is 0 Å². The standard InChI is InChI=1S/C21H17N3O3S/c22-14-17-7-4-8-19(13-17)24-28(26,27)20-11-9-18(10-12-20)21(25)23-15-16-5-2-1-3-6-16/h1-13,24H,15H2,(H,23,25). The number of carbonyl (C=O) groups excluding carboxylic acids is 1. The average Bonchev–Trinajstić information content (AvgIpc) is 2.72. The van der Waals surface area contributed by atoms with Crippen LogP contribution in [-0.4, -0.2) is 14.3 Å².